The van der Waals surface area contributed by atoms with Gasteiger partial charge in [-0.3, -0.25) is 9.78 Å². The van der Waals surface area contributed by atoms with Crippen LogP contribution in [0.3, 0.4) is 0 Å². The Kier molecular flexibility index (Phi) is 5.96. The van der Waals surface area contributed by atoms with Crippen molar-refractivity contribution in [3.05, 3.63) is 94.6 Å². The van der Waals surface area contributed by atoms with Crippen LogP contribution in [0.25, 0.3) is 22.3 Å². The van der Waals surface area contributed by atoms with Gasteiger partial charge in [0.15, 0.2) is 5.16 Å². The molecule has 0 unspecified atom stereocenters. The number of H-pyrrole nitrogens is 1. The van der Waals surface area contributed by atoms with Crippen LogP contribution < -0.4 is 5.32 Å². The summed E-state index contributed by atoms with van der Waals surface area (Å²) in [7, 11) is 0. The molecule has 0 bridgehead atoms. The van der Waals surface area contributed by atoms with Crippen molar-refractivity contribution >= 4 is 40.0 Å². The molecule has 0 aliphatic heterocycles. The maximum absolute atomic E-state index is 12.9. The minimum absolute atomic E-state index is 0.105. The van der Waals surface area contributed by atoms with Gasteiger partial charge in [0.1, 0.15) is 5.01 Å². The third-order valence-corrected chi connectivity index (χ3v) is 6.69. The maximum Gasteiger partial charge on any atom is 0.251 e. The average Bonchev–Trinajstić information content (AvgIpc) is 3.49. The third kappa shape index (κ3) is 4.56. The number of thioether (sulfide) groups is 1. The molecule has 0 aliphatic rings. The zero-order valence-corrected chi connectivity index (χ0v) is 18.6. The first-order chi connectivity index (χ1) is 15.8. The van der Waals surface area contributed by atoms with Crippen LogP contribution in [-0.2, 0) is 12.3 Å². The minimum atomic E-state index is -0.105. The van der Waals surface area contributed by atoms with Gasteiger partial charge in [0.25, 0.3) is 5.91 Å². The molecule has 3 heterocycles. The lowest BCUT2D eigenvalue weighted by molar-refractivity contribution is 0.0950. The Labute approximate surface area is 193 Å². The van der Waals surface area contributed by atoms with E-state index in [-0.39, 0.29) is 5.91 Å². The first kappa shape index (κ1) is 20.4. The lowest BCUT2D eigenvalue weighted by Crippen LogP contribution is -2.23. The van der Waals surface area contributed by atoms with Crippen LogP contribution in [-0.4, -0.2) is 25.8 Å². The largest absolute Gasteiger partial charge is 0.346 e. The van der Waals surface area contributed by atoms with Crippen LogP contribution in [0.15, 0.2) is 83.6 Å². The van der Waals surface area contributed by atoms with Crippen molar-refractivity contribution in [2.45, 2.75) is 17.5 Å². The van der Waals surface area contributed by atoms with E-state index in [9.17, 15) is 4.79 Å². The number of benzene rings is 2. The maximum atomic E-state index is 12.9. The fraction of sp³-hybridized carbons (Fsp3) is 0.0833. The molecule has 1 amide bonds. The summed E-state index contributed by atoms with van der Waals surface area (Å²) in [6, 6.07) is 19.5. The molecule has 158 valence electrons. The average molecular weight is 458 g/mol. The van der Waals surface area contributed by atoms with Crippen LogP contribution in [0.2, 0.25) is 0 Å². The van der Waals surface area contributed by atoms with E-state index < -0.39 is 0 Å². The molecular weight excluding hydrogens is 438 g/mol. The lowest BCUT2D eigenvalue weighted by atomic mass is 10.1. The molecule has 0 aliphatic carbocycles. The van der Waals surface area contributed by atoms with E-state index in [0.717, 1.165) is 38.0 Å². The fourth-order valence-corrected chi connectivity index (χ4v) is 4.94. The Balaban J connectivity index is 1.24. The molecule has 3 aromatic heterocycles. The third-order valence-electron chi connectivity index (χ3n) is 4.92. The molecule has 6 nitrogen and oxygen atoms in total. The number of thiazole rings is 1. The molecule has 0 spiro atoms. The van der Waals surface area contributed by atoms with E-state index in [1.807, 2.05) is 66.0 Å². The van der Waals surface area contributed by atoms with E-state index >= 15 is 0 Å². The number of carbonyl (C=O) groups excluding carboxylic acids is 1. The van der Waals surface area contributed by atoms with Crippen molar-refractivity contribution in [1.82, 2.24) is 25.3 Å². The second kappa shape index (κ2) is 9.33. The highest BCUT2D eigenvalue weighted by Crippen LogP contribution is 2.25. The fourth-order valence-electron chi connectivity index (χ4n) is 3.31. The zero-order valence-electron chi connectivity index (χ0n) is 17.0. The summed E-state index contributed by atoms with van der Waals surface area (Å²) in [6.45, 7) is 0.389. The molecule has 8 heteroatoms. The molecule has 2 aromatic carbocycles. The number of rotatable bonds is 7. The second-order valence-corrected chi connectivity index (χ2v) is 8.96. The highest BCUT2D eigenvalue weighted by molar-refractivity contribution is 7.98. The highest BCUT2D eigenvalue weighted by atomic mass is 32.2. The molecule has 0 saturated heterocycles. The Morgan fingerprint density at radius 1 is 1.00 bits per heavy atom. The van der Waals surface area contributed by atoms with Gasteiger partial charge in [-0.05, 0) is 35.9 Å². The van der Waals surface area contributed by atoms with Crippen molar-refractivity contribution in [3.63, 3.8) is 0 Å². The molecule has 0 radical (unpaired) electrons. The standard InChI is InChI=1S/C24H19N5OS2/c30-23(26-13-22-27-21(15-31-22)16-9-11-25-12-10-16)18-6-2-1-5-17(18)14-32-24-28-19-7-3-4-8-20(19)29-24/h1-12,15H,13-14H2,(H,26,30)(H,28,29). The number of nitrogens with zero attached hydrogens (tertiary/aromatic N) is 3. The summed E-state index contributed by atoms with van der Waals surface area (Å²) in [4.78, 5) is 29.5. The Bertz CT molecular complexity index is 1330. The van der Waals surface area contributed by atoms with E-state index in [1.165, 1.54) is 11.3 Å². The quantitative estimate of drug-likeness (QED) is 0.324. The van der Waals surface area contributed by atoms with E-state index in [0.29, 0.717) is 17.9 Å². The number of para-hydroxylation sites is 2. The highest BCUT2D eigenvalue weighted by Gasteiger charge is 2.13. The van der Waals surface area contributed by atoms with Gasteiger partial charge in [0.05, 0.1) is 23.3 Å². The van der Waals surface area contributed by atoms with Gasteiger partial charge < -0.3 is 10.3 Å². The molecule has 5 rings (SSSR count). The van der Waals surface area contributed by atoms with E-state index in [4.69, 9.17) is 0 Å². The summed E-state index contributed by atoms with van der Waals surface area (Å²) in [5.74, 6) is 0.541. The lowest BCUT2D eigenvalue weighted by Gasteiger charge is -2.09. The number of hydrogen-bond acceptors (Lipinski definition) is 6. The topological polar surface area (TPSA) is 83.6 Å². The molecular formula is C24H19N5OS2. The normalized spacial score (nSPS) is 11.0. The predicted octanol–water partition coefficient (Wildman–Crippen LogP) is 5.30. The predicted molar refractivity (Wildman–Crippen MR) is 129 cm³/mol. The number of fused-ring (bicyclic) bond motifs is 1. The van der Waals surface area contributed by atoms with Gasteiger partial charge >= 0.3 is 0 Å². The first-order valence-corrected chi connectivity index (χ1v) is 11.9. The minimum Gasteiger partial charge on any atom is -0.346 e. The Morgan fingerprint density at radius 3 is 2.69 bits per heavy atom. The number of imidazole rings is 1. The molecule has 0 atom stereocenters. The van der Waals surface area contributed by atoms with Gasteiger partial charge in [-0.1, -0.05) is 42.1 Å². The monoisotopic (exact) mass is 457 g/mol. The van der Waals surface area contributed by atoms with Gasteiger partial charge in [-0.25, -0.2) is 9.97 Å². The second-order valence-electron chi connectivity index (χ2n) is 7.05. The molecule has 5 aromatic rings. The summed E-state index contributed by atoms with van der Waals surface area (Å²) in [6.07, 6.45) is 3.49. The van der Waals surface area contributed by atoms with Gasteiger partial charge in [-0.15, -0.1) is 11.3 Å². The van der Waals surface area contributed by atoms with Crippen LogP contribution >= 0.6 is 23.1 Å². The van der Waals surface area contributed by atoms with Crippen molar-refractivity contribution in [3.8, 4) is 11.3 Å². The van der Waals surface area contributed by atoms with Crippen LogP contribution in [0.4, 0.5) is 0 Å². The van der Waals surface area contributed by atoms with Crippen molar-refractivity contribution in [2.24, 2.45) is 0 Å². The van der Waals surface area contributed by atoms with Gasteiger partial charge in [-0.2, -0.15) is 0 Å². The number of aromatic amines is 1. The summed E-state index contributed by atoms with van der Waals surface area (Å²) in [5.41, 5.74) is 5.49. The number of amides is 1. The van der Waals surface area contributed by atoms with Crippen molar-refractivity contribution in [1.29, 1.82) is 0 Å². The molecule has 32 heavy (non-hydrogen) atoms. The van der Waals surface area contributed by atoms with Crippen LogP contribution in [0.1, 0.15) is 20.9 Å². The van der Waals surface area contributed by atoms with Crippen LogP contribution in [0, 0.1) is 0 Å². The van der Waals surface area contributed by atoms with Gasteiger partial charge in [0, 0.05) is 34.7 Å². The summed E-state index contributed by atoms with van der Waals surface area (Å²) < 4.78 is 0. The van der Waals surface area contributed by atoms with E-state index in [2.05, 4.69) is 25.3 Å². The SMILES string of the molecule is O=C(NCc1nc(-c2ccncc2)cs1)c1ccccc1CSc1nc2ccccc2[nH]1. The molecule has 0 fully saturated rings. The summed E-state index contributed by atoms with van der Waals surface area (Å²) >= 11 is 3.12. The van der Waals surface area contributed by atoms with E-state index in [1.54, 1.807) is 24.2 Å². The molecule has 2 N–H and O–H groups in total. The summed E-state index contributed by atoms with van der Waals surface area (Å²) in [5, 5.41) is 6.70. The zero-order chi connectivity index (χ0) is 21.8. The van der Waals surface area contributed by atoms with Crippen molar-refractivity contribution in [2.75, 3.05) is 0 Å². The number of nitrogens with one attached hydrogen (secondary N) is 2. The first-order valence-electron chi connectivity index (χ1n) is 10.0. The number of hydrogen-bond donors (Lipinski definition) is 2. The molecule has 0 saturated carbocycles. The van der Waals surface area contributed by atoms with Crippen LogP contribution in [0.5, 0.6) is 0 Å². The smallest absolute Gasteiger partial charge is 0.251 e. The van der Waals surface area contributed by atoms with Gasteiger partial charge in [0.2, 0.25) is 0 Å². The Morgan fingerprint density at radius 2 is 1.81 bits per heavy atom. The van der Waals surface area contributed by atoms with Crippen molar-refractivity contribution < 1.29 is 4.79 Å². The Hall–Kier alpha value is -3.49. The number of pyridine rings is 1. The number of aromatic nitrogens is 4. The number of carbonyl (C=O) groups is 1.